The van der Waals surface area contributed by atoms with Crippen LogP contribution in [0.2, 0.25) is 0 Å². The fourth-order valence-electron chi connectivity index (χ4n) is 1.31. The zero-order chi connectivity index (χ0) is 7.40. The molecule has 2 unspecified atom stereocenters. The summed E-state index contributed by atoms with van der Waals surface area (Å²) >= 11 is 0. The summed E-state index contributed by atoms with van der Waals surface area (Å²) in [7, 11) is 0. The molecule has 10 heavy (non-hydrogen) atoms. The number of aliphatic hydroxyl groups is 2. The Hall–Kier alpha value is -0.120. The largest absolute Gasteiger partial charge is 0.395 e. The summed E-state index contributed by atoms with van der Waals surface area (Å²) in [6.07, 6.45) is 3.04. The predicted octanol–water partition coefficient (Wildman–Crippen LogP) is -0.504. The van der Waals surface area contributed by atoms with E-state index in [1.807, 2.05) is 0 Å². The smallest absolute Gasteiger partial charge is 0.0601 e. The highest BCUT2D eigenvalue weighted by molar-refractivity contribution is 4.78. The van der Waals surface area contributed by atoms with Crippen molar-refractivity contribution in [2.75, 3.05) is 13.2 Å². The van der Waals surface area contributed by atoms with Crippen LogP contribution in [0.5, 0.6) is 0 Å². The molecule has 2 N–H and O–H groups in total. The first-order chi connectivity index (χ1) is 4.86. The van der Waals surface area contributed by atoms with Gasteiger partial charge in [-0.25, -0.2) is 5.32 Å². The van der Waals surface area contributed by atoms with Crippen molar-refractivity contribution in [1.29, 1.82) is 0 Å². The summed E-state index contributed by atoms with van der Waals surface area (Å²) in [6.45, 7) is 0.271. The summed E-state index contributed by atoms with van der Waals surface area (Å²) in [5, 5.41) is 21.7. The number of aliphatic hydroxyl groups excluding tert-OH is 2. The van der Waals surface area contributed by atoms with Gasteiger partial charge in [0.05, 0.1) is 13.2 Å². The van der Waals surface area contributed by atoms with Gasteiger partial charge in [-0.05, 0) is 12.8 Å². The van der Waals surface area contributed by atoms with E-state index in [2.05, 4.69) is 5.32 Å². The predicted molar refractivity (Wildman–Crippen MR) is 37.7 cm³/mol. The standard InChI is InChI=1S/C7H14NO2/c9-4-6-2-1-3-7(5-10)8-6/h6-7,9-10H,1-5H2. The minimum atomic E-state index is 0.0888. The highest BCUT2D eigenvalue weighted by atomic mass is 16.3. The van der Waals surface area contributed by atoms with Crippen molar-refractivity contribution in [3.8, 4) is 0 Å². The Bertz CT molecular complexity index is 87.6. The summed E-state index contributed by atoms with van der Waals surface area (Å²) in [5.74, 6) is 0. The van der Waals surface area contributed by atoms with Crippen molar-refractivity contribution < 1.29 is 10.2 Å². The fourth-order valence-corrected chi connectivity index (χ4v) is 1.31. The zero-order valence-corrected chi connectivity index (χ0v) is 6.03. The van der Waals surface area contributed by atoms with Gasteiger partial charge in [-0.15, -0.1) is 0 Å². The second-order valence-corrected chi connectivity index (χ2v) is 2.75. The molecule has 1 heterocycles. The van der Waals surface area contributed by atoms with Gasteiger partial charge in [0, 0.05) is 12.1 Å². The fraction of sp³-hybridized carbons (Fsp3) is 1.00. The molecule has 1 aliphatic heterocycles. The quantitative estimate of drug-likeness (QED) is 0.548. The van der Waals surface area contributed by atoms with E-state index in [1.165, 1.54) is 0 Å². The lowest BCUT2D eigenvalue weighted by Gasteiger charge is -2.26. The number of rotatable bonds is 2. The number of hydrogen-bond donors (Lipinski definition) is 2. The van der Waals surface area contributed by atoms with Gasteiger partial charge in [0.25, 0.3) is 0 Å². The number of piperidine rings is 1. The third-order valence-corrected chi connectivity index (χ3v) is 1.92. The van der Waals surface area contributed by atoms with Crippen LogP contribution in [-0.4, -0.2) is 35.5 Å². The summed E-state index contributed by atoms with van der Waals surface area (Å²) in [6, 6.07) is 0.178. The van der Waals surface area contributed by atoms with E-state index in [-0.39, 0.29) is 25.3 Å². The molecule has 1 radical (unpaired) electrons. The number of nitrogens with zero attached hydrogens (tertiary/aromatic N) is 1. The molecule has 1 saturated heterocycles. The Morgan fingerprint density at radius 2 is 1.60 bits per heavy atom. The van der Waals surface area contributed by atoms with Gasteiger partial charge in [0.2, 0.25) is 0 Å². The van der Waals surface area contributed by atoms with E-state index in [9.17, 15) is 0 Å². The van der Waals surface area contributed by atoms with Gasteiger partial charge >= 0.3 is 0 Å². The second-order valence-electron chi connectivity index (χ2n) is 2.75. The summed E-state index contributed by atoms with van der Waals surface area (Å²) < 4.78 is 0. The molecule has 2 atom stereocenters. The summed E-state index contributed by atoms with van der Waals surface area (Å²) in [5.41, 5.74) is 0. The Kier molecular flexibility index (Phi) is 3.12. The molecule has 1 rings (SSSR count). The lowest BCUT2D eigenvalue weighted by atomic mass is 10.00. The van der Waals surface area contributed by atoms with Crippen LogP contribution >= 0.6 is 0 Å². The van der Waals surface area contributed by atoms with E-state index >= 15 is 0 Å². The highest BCUT2D eigenvalue weighted by Crippen LogP contribution is 2.13. The monoisotopic (exact) mass is 144 g/mol. The van der Waals surface area contributed by atoms with Crippen molar-refractivity contribution in [2.24, 2.45) is 0 Å². The molecular weight excluding hydrogens is 130 g/mol. The van der Waals surface area contributed by atoms with E-state index in [4.69, 9.17) is 10.2 Å². The first-order valence-corrected chi connectivity index (χ1v) is 3.78. The summed E-state index contributed by atoms with van der Waals surface area (Å²) in [4.78, 5) is 0. The van der Waals surface area contributed by atoms with Gasteiger partial charge in [-0.2, -0.15) is 0 Å². The molecule has 3 nitrogen and oxygen atoms in total. The van der Waals surface area contributed by atoms with Gasteiger partial charge in [-0.3, -0.25) is 0 Å². The minimum absolute atomic E-state index is 0.0888. The Morgan fingerprint density at radius 3 is 2.00 bits per heavy atom. The van der Waals surface area contributed by atoms with Crippen LogP contribution in [0.1, 0.15) is 19.3 Å². The maximum Gasteiger partial charge on any atom is 0.0601 e. The Balaban J connectivity index is 2.25. The maximum atomic E-state index is 8.73. The molecule has 0 bridgehead atoms. The maximum absolute atomic E-state index is 8.73. The molecule has 0 aliphatic carbocycles. The lowest BCUT2D eigenvalue weighted by molar-refractivity contribution is 0.154. The van der Waals surface area contributed by atoms with Crippen LogP contribution in [-0.2, 0) is 0 Å². The van der Waals surface area contributed by atoms with Crippen LogP contribution in [0.3, 0.4) is 0 Å². The van der Waals surface area contributed by atoms with Crippen molar-refractivity contribution in [2.45, 2.75) is 31.3 Å². The zero-order valence-electron chi connectivity index (χ0n) is 6.03. The van der Waals surface area contributed by atoms with Crippen LogP contribution in [0.4, 0.5) is 0 Å². The second kappa shape index (κ2) is 3.91. The van der Waals surface area contributed by atoms with E-state index in [0.717, 1.165) is 19.3 Å². The molecule has 0 spiro atoms. The molecular formula is C7H14NO2. The van der Waals surface area contributed by atoms with E-state index in [1.54, 1.807) is 0 Å². The van der Waals surface area contributed by atoms with Crippen LogP contribution in [0.15, 0.2) is 0 Å². The highest BCUT2D eigenvalue weighted by Gasteiger charge is 2.20. The normalized spacial score (nSPS) is 34.2. The molecule has 0 aromatic heterocycles. The first kappa shape index (κ1) is 7.98. The van der Waals surface area contributed by atoms with Crippen molar-refractivity contribution in [3.63, 3.8) is 0 Å². The first-order valence-electron chi connectivity index (χ1n) is 3.78. The third kappa shape index (κ3) is 1.94. The lowest BCUT2D eigenvalue weighted by Crippen LogP contribution is -2.40. The molecule has 1 fully saturated rings. The molecule has 0 aromatic carbocycles. The van der Waals surface area contributed by atoms with E-state index in [0.29, 0.717) is 0 Å². The van der Waals surface area contributed by atoms with Gasteiger partial charge < -0.3 is 10.2 Å². The van der Waals surface area contributed by atoms with Crippen LogP contribution in [0.25, 0.3) is 0 Å². The van der Waals surface area contributed by atoms with Crippen molar-refractivity contribution in [3.05, 3.63) is 0 Å². The minimum Gasteiger partial charge on any atom is -0.395 e. The van der Waals surface area contributed by atoms with E-state index < -0.39 is 0 Å². The Labute approximate surface area is 61.1 Å². The van der Waals surface area contributed by atoms with Crippen molar-refractivity contribution in [1.82, 2.24) is 5.32 Å². The molecule has 1 aliphatic rings. The Morgan fingerprint density at radius 1 is 1.10 bits per heavy atom. The average molecular weight is 144 g/mol. The molecule has 0 amide bonds. The van der Waals surface area contributed by atoms with Gasteiger partial charge in [0.1, 0.15) is 0 Å². The molecule has 3 heteroatoms. The van der Waals surface area contributed by atoms with Crippen LogP contribution < -0.4 is 5.32 Å². The van der Waals surface area contributed by atoms with Crippen molar-refractivity contribution >= 4 is 0 Å². The van der Waals surface area contributed by atoms with Gasteiger partial charge in [0.15, 0.2) is 0 Å². The topological polar surface area (TPSA) is 54.6 Å². The number of hydrogen-bond acceptors (Lipinski definition) is 2. The average Bonchev–Trinajstić information content (AvgIpc) is 2.05. The molecule has 0 aromatic rings. The SMILES string of the molecule is OCC1CCCC(CO)[N]1. The van der Waals surface area contributed by atoms with Gasteiger partial charge in [-0.1, -0.05) is 6.42 Å². The van der Waals surface area contributed by atoms with Crippen LogP contribution in [0, 0.1) is 0 Å². The molecule has 0 saturated carbocycles. The third-order valence-electron chi connectivity index (χ3n) is 1.92. The molecule has 59 valence electrons.